The summed E-state index contributed by atoms with van der Waals surface area (Å²) < 4.78 is 13.4. The van der Waals surface area contributed by atoms with Crippen LogP contribution in [0.3, 0.4) is 0 Å². The van der Waals surface area contributed by atoms with Gasteiger partial charge in [0.15, 0.2) is 11.2 Å². The Labute approximate surface area is 288 Å². The van der Waals surface area contributed by atoms with Gasteiger partial charge in [-0.1, -0.05) is 115 Å². The number of furan rings is 2. The zero-order chi connectivity index (χ0) is 33.0. The molecule has 0 saturated carbocycles. The van der Waals surface area contributed by atoms with E-state index in [1.807, 2.05) is 18.2 Å². The van der Waals surface area contributed by atoms with Crippen LogP contribution in [0.5, 0.6) is 0 Å². The van der Waals surface area contributed by atoms with Crippen LogP contribution in [0.2, 0.25) is 0 Å². The summed E-state index contributed by atoms with van der Waals surface area (Å²) in [6.07, 6.45) is 0. The van der Waals surface area contributed by atoms with Gasteiger partial charge >= 0.3 is 0 Å². The lowest BCUT2D eigenvalue weighted by atomic mass is 10.1. The van der Waals surface area contributed by atoms with Crippen LogP contribution in [0.15, 0.2) is 191 Å². The van der Waals surface area contributed by atoms with E-state index in [-0.39, 0.29) is 0 Å². The summed E-state index contributed by atoms with van der Waals surface area (Å²) in [5.74, 6) is 0. The van der Waals surface area contributed by atoms with Gasteiger partial charge in [0, 0.05) is 49.7 Å². The molecule has 4 heteroatoms. The summed E-state index contributed by atoms with van der Waals surface area (Å²) in [5.41, 5.74) is 9.50. The highest BCUT2D eigenvalue weighted by molar-refractivity contribution is 6.17. The van der Waals surface area contributed by atoms with Crippen molar-refractivity contribution < 1.29 is 8.83 Å². The highest BCUT2D eigenvalue weighted by Gasteiger charge is 2.23. The molecule has 0 fully saturated rings. The van der Waals surface area contributed by atoms with Crippen molar-refractivity contribution in [2.75, 3.05) is 9.80 Å². The second-order valence-corrected chi connectivity index (χ2v) is 12.5. The minimum Gasteiger partial charge on any atom is -0.454 e. The molecule has 0 N–H and O–H groups in total. The Morgan fingerprint density at radius 1 is 0.300 bits per heavy atom. The van der Waals surface area contributed by atoms with Crippen molar-refractivity contribution in [3.8, 4) is 0 Å². The minimum absolute atomic E-state index is 0.847. The number of fused-ring (bicyclic) bond motifs is 8. The van der Waals surface area contributed by atoms with Crippen molar-refractivity contribution in [1.82, 2.24) is 0 Å². The first-order valence-electron chi connectivity index (χ1n) is 16.9. The van der Waals surface area contributed by atoms with Gasteiger partial charge in [-0.25, -0.2) is 0 Å². The topological polar surface area (TPSA) is 32.8 Å². The molecule has 50 heavy (non-hydrogen) atoms. The first-order valence-corrected chi connectivity index (χ1v) is 16.9. The third-order valence-electron chi connectivity index (χ3n) is 9.61. The lowest BCUT2D eigenvalue weighted by molar-refractivity contribution is 0.669. The van der Waals surface area contributed by atoms with E-state index >= 15 is 0 Å². The Kier molecular flexibility index (Phi) is 6.46. The summed E-state index contributed by atoms with van der Waals surface area (Å²) in [6.45, 7) is 0. The molecule has 0 aliphatic carbocycles. The second-order valence-electron chi connectivity index (χ2n) is 12.5. The molecule has 8 aromatic carbocycles. The van der Waals surface area contributed by atoms with E-state index in [0.29, 0.717) is 0 Å². The molecule has 2 heterocycles. The van der Waals surface area contributed by atoms with E-state index in [4.69, 9.17) is 8.83 Å². The Morgan fingerprint density at radius 3 is 1.46 bits per heavy atom. The maximum atomic E-state index is 6.85. The normalized spacial score (nSPS) is 11.6. The van der Waals surface area contributed by atoms with Gasteiger partial charge in [0.1, 0.15) is 11.2 Å². The van der Waals surface area contributed by atoms with Gasteiger partial charge in [0.05, 0.1) is 11.4 Å². The highest BCUT2D eigenvalue weighted by atomic mass is 16.3. The molecule has 236 valence electrons. The molecule has 0 bridgehead atoms. The SMILES string of the molecule is c1ccc(N(c2cccc(N(c3ccccc3)c3cccc4c3oc3c5ccccc5ccc43)c2)c2cccc3c2oc2ccccc23)cc1. The molecule has 0 atom stereocenters. The van der Waals surface area contributed by atoms with E-state index in [0.717, 1.165) is 88.8 Å². The first-order chi connectivity index (χ1) is 24.8. The molecular weight excluding hydrogens is 613 g/mol. The molecule has 0 unspecified atom stereocenters. The van der Waals surface area contributed by atoms with Crippen molar-refractivity contribution in [3.63, 3.8) is 0 Å². The van der Waals surface area contributed by atoms with Gasteiger partial charge < -0.3 is 18.6 Å². The average Bonchev–Trinajstić information content (AvgIpc) is 3.76. The van der Waals surface area contributed by atoms with Crippen molar-refractivity contribution in [2.45, 2.75) is 0 Å². The maximum absolute atomic E-state index is 6.85. The van der Waals surface area contributed by atoms with Crippen LogP contribution in [-0.2, 0) is 0 Å². The van der Waals surface area contributed by atoms with Gasteiger partial charge in [-0.05, 0) is 72.1 Å². The largest absolute Gasteiger partial charge is 0.454 e. The maximum Gasteiger partial charge on any atom is 0.159 e. The standard InChI is InChI=1S/C46H30N2O2/c1-3-15-32(16-4-1)47(41-25-12-23-38-37-22-9-10-27-43(37)49-45(38)41)34-19-11-20-35(30-34)48(33-17-5-2-6-18-33)42-26-13-24-39-40-29-28-31-14-7-8-21-36(31)44(40)50-46(39)42/h1-30H. The molecule has 10 rings (SSSR count). The van der Waals surface area contributed by atoms with Crippen LogP contribution in [0.25, 0.3) is 54.6 Å². The quantitative estimate of drug-likeness (QED) is 0.181. The highest BCUT2D eigenvalue weighted by Crippen LogP contribution is 2.46. The zero-order valence-corrected chi connectivity index (χ0v) is 27.0. The van der Waals surface area contributed by atoms with Crippen molar-refractivity contribution in [3.05, 3.63) is 182 Å². The predicted octanol–water partition coefficient (Wildman–Crippen LogP) is 13.6. The molecule has 2 aromatic heterocycles. The van der Waals surface area contributed by atoms with Crippen LogP contribution in [0.4, 0.5) is 34.1 Å². The lowest BCUT2D eigenvalue weighted by Gasteiger charge is -2.29. The minimum atomic E-state index is 0.847. The Hall–Kier alpha value is -6.78. The van der Waals surface area contributed by atoms with Crippen LogP contribution >= 0.6 is 0 Å². The molecule has 0 aliphatic rings. The fourth-order valence-electron chi connectivity index (χ4n) is 7.38. The van der Waals surface area contributed by atoms with E-state index < -0.39 is 0 Å². The summed E-state index contributed by atoms with van der Waals surface area (Å²) in [7, 11) is 0. The molecule has 0 radical (unpaired) electrons. The average molecular weight is 643 g/mol. The fraction of sp³-hybridized carbons (Fsp3) is 0. The number of nitrogens with zero attached hydrogens (tertiary/aromatic N) is 2. The number of para-hydroxylation sites is 5. The van der Waals surface area contributed by atoms with Crippen molar-refractivity contribution in [1.29, 1.82) is 0 Å². The lowest BCUT2D eigenvalue weighted by Crippen LogP contribution is -2.13. The molecule has 0 spiro atoms. The zero-order valence-electron chi connectivity index (χ0n) is 27.0. The van der Waals surface area contributed by atoms with Gasteiger partial charge in [-0.2, -0.15) is 0 Å². The number of hydrogen-bond donors (Lipinski definition) is 0. The van der Waals surface area contributed by atoms with Crippen LogP contribution in [0.1, 0.15) is 0 Å². The van der Waals surface area contributed by atoms with Crippen LogP contribution in [0, 0.1) is 0 Å². The summed E-state index contributed by atoms with van der Waals surface area (Å²) in [6, 6.07) is 63.5. The molecule has 10 aromatic rings. The molecule has 0 amide bonds. The third-order valence-corrected chi connectivity index (χ3v) is 9.61. The second kappa shape index (κ2) is 11.4. The fourth-order valence-corrected chi connectivity index (χ4v) is 7.38. The summed E-state index contributed by atoms with van der Waals surface area (Å²) >= 11 is 0. The summed E-state index contributed by atoms with van der Waals surface area (Å²) in [5, 5.41) is 6.66. The van der Waals surface area contributed by atoms with E-state index in [2.05, 4.69) is 174 Å². The monoisotopic (exact) mass is 642 g/mol. The first kappa shape index (κ1) is 28.3. The van der Waals surface area contributed by atoms with Crippen LogP contribution < -0.4 is 9.80 Å². The third kappa shape index (κ3) is 4.46. The Bertz CT molecular complexity index is 2840. The van der Waals surface area contributed by atoms with E-state index in [9.17, 15) is 0 Å². The van der Waals surface area contributed by atoms with Crippen molar-refractivity contribution >= 4 is 88.8 Å². The molecular formula is C46H30N2O2. The number of anilines is 6. The van der Waals surface area contributed by atoms with Gasteiger partial charge in [0.2, 0.25) is 0 Å². The van der Waals surface area contributed by atoms with Gasteiger partial charge in [-0.15, -0.1) is 0 Å². The van der Waals surface area contributed by atoms with Gasteiger partial charge in [-0.3, -0.25) is 0 Å². The predicted molar refractivity (Wildman–Crippen MR) is 208 cm³/mol. The number of rotatable bonds is 6. The Balaban J connectivity index is 1.20. The smallest absolute Gasteiger partial charge is 0.159 e. The number of hydrogen-bond acceptors (Lipinski definition) is 4. The Morgan fingerprint density at radius 2 is 0.780 bits per heavy atom. The molecule has 0 saturated heterocycles. The van der Waals surface area contributed by atoms with E-state index in [1.165, 1.54) is 0 Å². The van der Waals surface area contributed by atoms with Crippen molar-refractivity contribution in [2.24, 2.45) is 0 Å². The molecule has 0 aliphatic heterocycles. The van der Waals surface area contributed by atoms with Crippen LogP contribution in [-0.4, -0.2) is 0 Å². The van der Waals surface area contributed by atoms with E-state index in [1.54, 1.807) is 0 Å². The summed E-state index contributed by atoms with van der Waals surface area (Å²) in [4.78, 5) is 4.58. The molecule has 4 nitrogen and oxygen atoms in total. The number of benzene rings is 8. The van der Waals surface area contributed by atoms with Gasteiger partial charge in [0.25, 0.3) is 0 Å².